The van der Waals surface area contributed by atoms with Gasteiger partial charge in [-0.25, -0.2) is 4.98 Å². The lowest BCUT2D eigenvalue weighted by Crippen LogP contribution is -1.93. The third-order valence-corrected chi connectivity index (χ3v) is 5.53. The van der Waals surface area contributed by atoms with Gasteiger partial charge in [-0.15, -0.1) is 10.2 Å². The van der Waals surface area contributed by atoms with E-state index in [1.54, 1.807) is 11.8 Å². The molecule has 0 atom stereocenters. The third kappa shape index (κ3) is 2.45. The number of thioether (sulfide) groups is 1. The lowest BCUT2D eigenvalue weighted by atomic mass is 10.1. The monoisotopic (exact) mass is 359 g/mol. The molecule has 0 saturated heterocycles. The maximum atomic E-state index is 4.69. The van der Waals surface area contributed by atoms with Crippen LogP contribution in [-0.2, 0) is 5.75 Å². The van der Waals surface area contributed by atoms with E-state index in [4.69, 9.17) is 4.98 Å². The van der Waals surface area contributed by atoms with Gasteiger partial charge in [-0.2, -0.15) is 0 Å². The van der Waals surface area contributed by atoms with Gasteiger partial charge in [-0.3, -0.25) is 4.40 Å². The molecular formula is C20H17N5S. The molecule has 4 aromatic heterocycles. The number of aryl methyl sites for hydroxylation is 2. The van der Waals surface area contributed by atoms with Crippen LogP contribution in [0.5, 0.6) is 0 Å². The zero-order valence-electron chi connectivity index (χ0n) is 14.5. The minimum Gasteiger partial charge on any atom is -0.307 e. The summed E-state index contributed by atoms with van der Waals surface area (Å²) in [6, 6.07) is 14.6. The second-order valence-electron chi connectivity index (χ2n) is 6.51. The lowest BCUT2D eigenvalue weighted by Gasteiger charge is -2.06. The summed E-state index contributed by atoms with van der Waals surface area (Å²) in [5.41, 5.74) is 6.47. The molecule has 0 radical (unpaired) electrons. The molecule has 0 aliphatic rings. The summed E-state index contributed by atoms with van der Waals surface area (Å²) < 4.78 is 4.21. The van der Waals surface area contributed by atoms with Crippen LogP contribution in [0.15, 0.2) is 60.0 Å². The Hall–Kier alpha value is -2.86. The molecule has 5 rings (SSSR count). The van der Waals surface area contributed by atoms with Crippen LogP contribution >= 0.6 is 11.8 Å². The molecule has 1 aromatic carbocycles. The number of fused-ring (bicyclic) bond motifs is 4. The van der Waals surface area contributed by atoms with Crippen molar-refractivity contribution in [1.82, 2.24) is 24.0 Å². The number of benzene rings is 1. The molecule has 0 saturated carbocycles. The highest BCUT2D eigenvalue weighted by molar-refractivity contribution is 7.98. The summed E-state index contributed by atoms with van der Waals surface area (Å²) in [6.45, 7) is 4.20. The summed E-state index contributed by atoms with van der Waals surface area (Å²) in [5.74, 6) is 0.754. The highest BCUT2D eigenvalue weighted by Gasteiger charge is 2.12. The molecule has 0 unspecified atom stereocenters. The molecule has 0 spiro atoms. The Labute approximate surface area is 154 Å². The van der Waals surface area contributed by atoms with E-state index >= 15 is 0 Å². The molecule has 6 heteroatoms. The zero-order chi connectivity index (χ0) is 17.7. The van der Waals surface area contributed by atoms with E-state index in [0.717, 1.165) is 33.4 Å². The second-order valence-corrected chi connectivity index (χ2v) is 7.46. The molecular weight excluding hydrogens is 342 g/mol. The summed E-state index contributed by atoms with van der Waals surface area (Å²) in [5, 5.41) is 10.9. The molecule has 0 aliphatic heterocycles. The lowest BCUT2D eigenvalue weighted by molar-refractivity contribution is 0.939. The van der Waals surface area contributed by atoms with Gasteiger partial charge < -0.3 is 4.40 Å². The van der Waals surface area contributed by atoms with Crippen molar-refractivity contribution in [3.63, 3.8) is 0 Å². The number of nitrogens with zero attached hydrogens (tertiary/aromatic N) is 5. The number of aromatic nitrogens is 5. The van der Waals surface area contributed by atoms with Crippen molar-refractivity contribution in [3.8, 4) is 0 Å². The normalized spacial score (nSPS) is 11.8. The maximum Gasteiger partial charge on any atom is 0.196 e. The van der Waals surface area contributed by atoms with Crippen LogP contribution in [0.4, 0.5) is 0 Å². The van der Waals surface area contributed by atoms with Crippen LogP contribution in [0.3, 0.4) is 0 Å². The van der Waals surface area contributed by atoms with Gasteiger partial charge >= 0.3 is 0 Å². The molecule has 0 aliphatic carbocycles. The molecule has 0 amide bonds. The first-order chi connectivity index (χ1) is 12.7. The van der Waals surface area contributed by atoms with Crippen LogP contribution in [0.25, 0.3) is 22.2 Å². The summed E-state index contributed by atoms with van der Waals surface area (Å²) in [4.78, 5) is 4.69. The summed E-state index contributed by atoms with van der Waals surface area (Å²) in [6.07, 6.45) is 4.18. The van der Waals surface area contributed by atoms with Crippen molar-refractivity contribution < 1.29 is 0 Å². The van der Waals surface area contributed by atoms with E-state index in [2.05, 4.69) is 81.6 Å². The number of hydrogen-bond acceptors (Lipinski definition) is 4. The highest BCUT2D eigenvalue weighted by atomic mass is 32.2. The Morgan fingerprint density at radius 3 is 2.77 bits per heavy atom. The predicted octanol–water partition coefficient (Wildman–Crippen LogP) is 4.44. The van der Waals surface area contributed by atoms with Gasteiger partial charge in [0, 0.05) is 23.5 Å². The Bertz CT molecular complexity index is 1270. The minimum atomic E-state index is 0.754. The topological polar surface area (TPSA) is 47.5 Å². The Morgan fingerprint density at radius 2 is 1.85 bits per heavy atom. The van der Waals surface area contributed by atoms with Crippen LogP contribution < -0.4 is 0 Å². The number of hydrogen-bond donors (Lipinski definition) is 0. The van der Waals surface area contributed by atoms with Crippen LogP contribution in [0, 0.1) is 13.8 Å². The van der Waals surface area contributed by atoms with Gasteiger partial charge in [0.1, 0.15) is 5.65 Å². The van der Waals surface area contributed by atoms with Gasteiger partial charge in [0.05, 0.1) is 11.2 Å². The fourth-order valence-corrected chi connectivity index (χ4v) is 4.17. The second kappa shape index (κ2) is 5.85. The van der Waals surface area contributed by atoms with Crippen molar-refractivity contribution >= 4 is 34.0 Å². The zero-order valence-corrected chi connectivity index (χ0v) is 15.4. The van der Waals surface area contributed by atoms with E-state index < -0.39 is 0 Å². The van der Waals surface area contributed by atoms with Crippen molar-refractivity contribution in [3.05, 3.63) is 71.7 Å². The SMILES string of the molecule is Cc1ccc2nc(CSc3nnc4cc(C)c5ccccc5n34)cn2c1. The molecule has 5 nitrogen and oxygen atoms in total. The van der Waals surface area contributed by atoms with Crippen molar-refractivity contribution in [2.75, 3.05) is 0 Å². The third-order valence-electron chi connectivity index (χ3n) is 4.57. The fraction of sp³-hybridized carbons (Fsp3) is 0.150. The standard InChI is InChI=1S/C20H17N5S/c1-13-7-8-18-21-15(11-24(18)10-13)12-26-20-23-22-19-9-14(2)16-5-3-4-6-17(16)25(19)20/h3-11H,12H2,1-2H3. The summed E-state index contributed by atoms with van der Waals surface area (Å²) >= 11 is 1.66. The van der Waals surface area contributed by atoms with E-state index in [1.807, 2.05) is 6.07 Å². The van der Waals surface area contributed by atoms with Crippen molar-refractivity contribution in [2.45, 2.75) is 24.8 Å². The molecule has 0 fully saturated rings. The van der Waals surface area contributed by atoms with E-state index in [-0.39, 0.29) is 0 Å². The van der Waals surface area contributed by atoms with Gasteiger partial charge in [-0.1, -0.05) is 36.0 Å². The Kier molecular flexibility index (Phi) is 3.46. The quantitative estimate of drug-likeness (QED) is 0.447. The fourth-order valence-electron chi connectivity index (χ4n) is 3.33. The molecule has 26 heavy (non-hydrogen) atoms. The molecule has 4 heterocycles. The Morgan fingerprint density at radius 1 is 0.962 bits per heavy atom. The van der Waals surface area contributed by atoms with Gasteiger partial charge in [-0.05, 0) is 43.2 Å². The number of imidazole rings is 1. The molecule has 5 aromatic rings. The average Bonchev–Trinajstić information content (AvgIpc) is 3.23. The highest BCUT2D eigenvalue weighted by Crippen LogP contribution is 2.27. The summed E-state index contributed by atoms with van der Waals surface area (Å²) in [7, 11) is 0. The number of rotatable bonds is 3. The minimum absolute atomic E-state index is 0.754. The first-order valence-electron chi connectivity index (χ1n) is 8.49. The number of para-hydroxylation sites is 1. The molecule has 128 valence electrons. The van der Waals surface area contributed by atoms with Gasteiger partial charge in [0.25, 0.3) is 0 Å². The maximum absolute atomic E-state index is 4.69. The van der Waals surface area contributed by atoms with Gasteiger partial charge in [0.2, 0.25) is 0 Å². The molecule has 0 N–H and O–H groups in total. The van der Waals surface area contributed by atoms with Crippen molar-refractivity contribution in [1.29, 1.82) is 0 Å². The van der Waals surface area contributed by atoms with Gasteiger partial charge in [0.15, 0.2) is 10.8 Å². The largest absolute Gasteiger partial charge is 0.307 e. The number of pyridine rings is 2. The average molecular weight is 359 g/mol. The Balaban J connectivity index is 1.54. The smallest absolute Gasteiger partial charge is 0.196 e. The first-order valence-corrected chi connectivity index (χ1v) is 9.48. The van der Waals surface area contributed by atoms with Crippen LogP contribution in [-0.4, -0.2) is 24.0 Å². The predicted molar refractivity (Wildman–Crippen MR) is 105 cm³/mol. The first kappa shape index (κ1) is 15.4. The van der Waals surface area contributed by atoms with E-state index in [9.17, 15) is 0 Å². The molecule has 0 bridgehead atoms. The van der Waals surface area contributed by atoms with Crippen LogP contribution in [0.1, 0.15) is 16.8 Å². The van der Waals surface area contributed by atoms with Crippen LogP contribution in [0.2, 0.25) is 0 Å². The van der Waals surface area contributed by atoms with Crippen molar-refractivity contribution in [2.24, 2.45) is 0 Å². The van der Waals surface area contributed by atoms with E-state index in [1.165, 1.54) is 16.5 Å². The van der Waals surface area contributed by atoms with E-state index in [0.29, 0.717) is 0 Å².